The first-order valence-corrected chi connectivity index (χ1v) is 14.3. The van der Waals surface area contributed by atoms with E-state index >= 15 is 0 Å². The van der Waals surface area contributed by atoms with Gasteiger partial charge in [0.1, 0.15) is 12.4 Å². The monoisotopic (exact) mass is 531 g/mol. The van der Waals surface area contributed by atoms with Gasteiger partial charge in [0.25, 0.3) is 5.91 Å². The molecule has 8 nitrogen and oxygen atoms in total. The van der Waals surface area contributed by atoms with Crippen molar-refractivity contribution >= 4 is 21.7 Å². The van der Waals surface area contributed by atoms with Gasteiger partial charge in [0.05, 0.1) is 18.8 Å². The van der Waals surface area contributed by atoms with Gasteiger partial charge in [-0.3, -0.25) is 9.59 Å². The van der Waals surface area contributed by atoms with Crippen LogP contribution < -0.4 is 20.1 Å². The molecule has 3 N–H and O–H groups in total. The Morgan fingerprint density at radius 3 is 1.97 bits per heavy atom. The molecule has 0 heterocycles. The molecule has 2 aromatic carbocycles. The second-order valence-corrected chi connectivity index (χ2v) is 13.1. The van der Waals surface area contributed by atoms with Crippen LogP contribution in [-0.4, -0.2) is 51.1 Å². The third kappa shape index (κ3) is 11.5. The number of sulfonamides is 1. The van der Waals surface area contributed by atoms with Gasteiger partial charge in [-0.2, -0.15) is 0 Å². The van der Waals surface area contributed by atoms with Crippen LogP contribution in [0, 0.1) is 5.41 Å². The summed E-state index contributed by atoms with van der Waals surface area (Å²) >= 11 is 0. The number of ether oxygens (including phenoxy) is 1. The molecule has 0 aliphatic carbocycles. The van der Waals surface area contributed by atoms with Gasteiger partial charge in [-0.15, -0.1) is 0 Å². The van der Waals surface area contributed by atoms with Crippen LogP contribution in [0.5, 0.6) is 5.75 Å². The van der Waals surface area contributed by atoms with E-state index in [2.05, 4.69) is 36.1 Å². The number of carbonyl (C=O) groups is 2. The van der Waals surface area contributed by atoms with Crippen molar-refractivity contribution in [2.45, 2.75) is 66.1 Å². The van der Waals surface area contributed by atoms with Gasteiger partial charge in [0, 0.05) is 23.1 Å². The zero-order valence-electron chi connectivity index (χ0n) is 23.0. The van der Waals surface area contributed by atoms with Gasteiger partial charge < -0.3 is 15.4 Å². The molecule has 0 radical (unpaired) electrons. The van der Waals surface area contributed by atoms with E-state index in [0.717, 1.165) is 17.4 Å². The highest BCUT2D eigenvalue weighted by Crippen LogP contribution is 2.21. The van der Waals surface area contributed by atoms with E-state index < -0.39 is 15.4 Å². The first kappa shape index (κ1) is 30.5. The molecule has 2 rings (SSSR count). The number of nitrogens with one attached hydrogen (secondary N) is 3. The van der Waals surface area contributed by atoms with Crippen LogP contribution in [0.4, 0.5) is 0 Å². The molecule has 2 aromatic rings. The molecule has 0 aliphatic rings. The minimum atomic E-state index is -3.27. The Morgan fingerprint density at radius 2 is 1.46 bits per heavy atom. The molecule has 204 valence electrons. The molecule has 0 aliphatic heterocycles. The zero-order valence-corrected chi connectivity index (χ0v) is 23.8. The fraction of sp³-hybridized carbons (Fsp3) is 0.500. The Bertz CT molecular complexity index is 1150. The highest BCUT2D eigenvalue weighted by Gasteiger charge is 2.32. The van der Waals surface area contributed by atoms with E-state index in [1.54, 1.807) is 24.3 Å². The summed E-state index contributed by atoms with van der Waals surface area (Å²) in [6.07, 6.45) is 1.69. The summed E-state index contributed by atoms with van der Waals surface area (Å²) in [7, 11) is -3.27. The van der Waals surface area contributed by atoms with Crippen LogP contribution in [0.1, 0.15) is 63.0 Å². The maximum atomic E-state index is 13.0. The second kappa shape index (κ2) is 12.7. The van der Waals surface area contributed by atoms with Gasteiger partial charge in [0.15, 0.2) is 5.78 Å². The molecule has 0 saturated carbocycles. The quantitative estimate of drug-likeness (QED) is 0.362. The Hall–Kier alpha value is -2.75. The molecular weight excluding hydrogens is 490 g/mol. The lowest BCUT2D eigenvalue weighted by Crippen LogP contribution is -2.51. The summed E-state index contributed by atoms with van der Waals surface area (Å²) in [6.45, 7) is 12.8. The van der Waals surface area contributed by atoms with Gasteiger partial charge in [0.2, 0.25) is 10.0 Å². The molecular formula is C28H41N3O5S. The van der Waals surface area contributed by atoms with Crippen molar-refractivity contribution in [1.29, 1.82) is 0 Å². The van der Waals surface area contributed by atoms with E-state index in [9.17, 15) is 18.0 Å². The van der Waals surface area contributed by atoms with Crippen LogP contribution in [-0.2, 0) is 27.8 Å². The molecule has 1 unspecified atom stereocenters. The fourth-order valence-electron chi connectivity index (χ4n) is 3.64. The number of amides is 1. The van der Waals surface area contributed by atoms with Crippen LogP contribution in [0.25, 0.3) is 0 Å². The van der Waals surface area contributed by atoms with E-state index in [-0.39, 0.29) is 29.8 Å². The second-order valence-electron chi connectivity index (χ2n) is 11.3. The number of hydrogen-bond donors (Lipinski definition) is 3. The lowest BCUT2D eigenvalue weighted by molar-refractivity contribution is -0.128. The van der Waals surface area contributed by atoms with Gasteiger partial charge >= 0.3 is 0 Å². The molecule has 0 aromatic heterocycles. The van der Waals surface area contributed by atoms with Crippen molar-refractivity contribution < 1.29 is 22.7 Å². The maximum Gasteiger partial charge on any atom is 0.251 e. The van der Waals surface area contributed by atoms with Crippen molar-refractivity contribution in [3.63, 3.8) is 0 Å². The standard InChI is InChI=1S/C28H41N3O5S/c1-27(2,3)25(32)24(31-28(4,5)6)18-20-10-14-23(15-11-20)36-17-16-29-26(33)22-12-8-21(9-13-22)19-30-37(7,34)35/h8-15,24,30-31H,16-19H2,1-7H3,(H,29,33). The number of Topliss-reactive ketones (excluding diaryl/α,β-unsaturated/α-hetero) is 1. The summed E-state index contributed by atoms with van der Waals surface area (Å²) in [4.78, 5) is 25.3. The normalized spacial score (nSPS) is 13.2. The Balaban J connectivity index is 1.83. The molecule has 0 spiro atoms. The first-order valence-electron chi connectivity index (χ1n) is 12.4. The molecule has 0 fully saturated rings. The molecule has 0 saturated heterocycles. The minimum absolute atomic E-state index is 0.175. The number of benzene rings is 2. The summed E-state index contributed by atoms with van der Waals surface area (Å²) in [5, 5.41) is 6.27. The van der Waals surface area contributed by atoms with Crippen LogP contribution >= 0.6 is 0 Å². The molecule has 1 amide bonds. The Morgan fingerprint density at radius 1 is 0.892 bits per heavy atom. The van der Waals surface area contributed by atoms with Gasteiger partial charge in [-0.25, -0.2) is 13.1 Å². The number of rotatable bonds is 12. The van der Waals surface area contributed by atoms with Gasteiger partial charge in [-0.1, -0.05) is 45.0 Å². The largest absolute Gasteiger partial charge is 0.492 e. The van der Waals surface area contributed by atoms with E-state index in [0.29, 0.717) is 30.9 Å². The maximum absolute atomic E-state index is 13.0. The summed E-state index contributed by atoms with van der Waals surface area (Å²) in [6, 6.07) is 14.1. The molecule has 0 bridgehead atoms. The molecule has 1 atom stereocenters. The molecule has 9 heteroatoms. The first-order chi connectivity index (χ1) is 17.0. The van der Waals surface area contributed by atoms with Crippen molar-refractivity contribution in [3.05, 3.63) is 65.2 Å². The summed E-state index contributed by atoms with van der Waals surface area (Å²) in [5.74, 6) is 0.629. The van der Waals surface area contributed by atoms with E-state index in [1.807, 2.05) is 45.0 Å². The fourth-order valence-corrected chi connectivity index (χ4v) is 4.06. The molecule has 37 heavy (non-hydrogen) atoms. The summed E-state index contributed by atoms with van der Waals surface area (Å²) in [5.41, 5.74) is 1.66. The topological polar surface area (TPSA) is 114 Å². The predicted molar refractivity (Wildman–Crippen MR) is 147 cm³/mol. The highest BCUT2D eigenvalue weighted by molar-refractivity contribution is 7.88. The Labute approximate surface area is 221 Å². The van der Waals surface area contributed by atoms with E-state index in [4.69, 9.17) is 4.74 Å². The third-order valence-electron chi connectivity index (χ3n) is 5.44. The minimum Gasteiger partial charge on any atom is -0.492 e. The Kier molecular flexibility index (Phi) is 10.4. The van der Waals surface area contributed by atoms with Crippen molar-refractivity contribution in [3.8, 4) is 5.75 Å². The predicted octanol–water partition coefficient (Wildman–Crippen LogP) is 3.46. The average molecular weight is 532 g/mol. The van der Waals surface area contributed by atoms with Gasteiger partial charge in [-0.05, 0) is 62.6 Å². The number of ketones is 1. The SMILES string of the molecule is CC(C)(C)NC(Cc1ccc(OCCNC(=O)c2ccc(CNS(C)(=O)=O)cc2)cc1)C(=O)C(C)(C)C. The third-order valence-corrected chi connectivity index (χ3v) is 6.11. The average Bonchev–Trinajstić information content (AvgIpc) is 2.79. The lowest BCUT2D eigenvalue weighted by Gasteiger charge is -2.32. The van der Waals surface area contributed by atoms with Crippen molar-refractivity contribution in [2.75, 3.05) is 19.4 Å². The van der Waals surface area contributed by atoms with Crippen molar-refractivity contribution in [1.82, 2.24) is 15.4 Å². The highest BCUT2D eigenvalue weighted by atomic mass is 32.2. The number of carbonyl (C=O) groups excluding carboxylic acids is 2. The van der Waals surface area contributed by atoms with Crippen LogP contribution in [0.3, 0.4) is 0 Å². The van der Waals surface area contributed by atoms with E-state index in [1.165, 1.54) is 0 Å². The zero-order chi connectivity index (χ0) is 27.9. The van der Waals surface area contributed by atoms with Crippen LogP contribution in [0.2, 0.25) is 0 Å². The smallest absolute Gasteiger partial charge is 0.251 e. The van der Waals surface area contributed by atoms with Crippen LogP contribution in [0.15, 0.2) is 48.5 Å². The lowest BCUT2D eigenvalue weighted by atomic mass is 9.83. The summed E-state index contributed by atoms with van der Waals surface area (Å²) < 4.78 is 30.5. The van der Waals surface area contributed by atoms with Crippen molar-refractivity contribution in [2.24, 2.45) is 5.41 Å². The number of hydrogen-bond acceptors (Lipinski definition) is 6.